The van der Waals surface area contributed by atoms with Crippen LogP contribution in [0.2, 0.25) is 0 Å². The van der Waals surface area contributed by atoms with E-state index in [1.165, 1.54) is 12.3 Å². The molecule has 1 aromatic carbocycles. The van der Waals surface area contributed by atoms with Crippen LogP contribution in [-0.2, 0) is 14.4 Å². The van der Waals surface area contributed by atoms with Crippen LogP contribution in [0.4, 0.5) is 0 Å². The number of hydrogen-bond donors (Lipinski definition) is 2. The van der Waals surface area contributed by atoms with Crippen LogP contribution < -0.4 is 16.0 Å². The van der Waals surface area contributed by atoms with E-state index >= 15 is 0 Å². The first-order valence-corrected chi connectivity index (χ1v) is 9.26. The van der Waals surface area contributed by atoms with Gasteiger partial charge in [-0.05, 0) is 18.6 Å². The van der Waals surface area contributed by atoms with Crippen LogP contribution in [-0.4, -0.2) is 56.6 Å². The minimum Gasteiger partial charge on any atom is -0.484 e. The summed E-state index contributed by atoms with van der Waals surface area (Å²) in [5, 5.41) is 11.8. The molecule has 2 saturated heterocycles. The molecule has 10 heteroatoms. The Bertz CT molecular complexity index is 1000. The Kier molecular flexibility index (Phi) is 4.99. The molecule has 10 nitrogen and oxygen atoms in total. The van der Waals surface area contributed by atoms with Gasteiger partial charge in [0.05, 0.1) is 6.54 Å². The number of hydroxylamine groups is 2. The molecule has 4 rings (SSSR count). The summed E-state index contributed by atoms with van der Waals surface area (Å²) in [6, 6.07) is 10.1. The second kappa shape index (κ2) is 7.47. The maximum absolute atomic E-state index is 12.6. The zero-order valence-corrected chi connectivity index (χ0v) is 15.7. The van der Waals surface area contributed by atoms with Crippen LogP contribution >= 0.6 is 0 Å². The number of aromatic nitrogens is 2. The van der Waals surface area contributed by atoms with Gasteiger partial charge in [-0.3, -0.25) is 24.0 Å². The number of aliphatic hydroxyl groups is 1. The molecular formula is C19H21N3O7. The van der Waals surface area contributed by atoms with Crippen molar-refractivity contribution >= 4 is 5.91 Å². The molecule has 0 aliphatic carbocycles. The van der Waals surface area contributed by atoms with Crippen molar-refractivity contribution in [1.29, 1.82) is 0 Å². The van der Waals surface area contributed by atoms with Gasteiger partial charge in [0.15, 0.2) is 18.9 Å². The highest BCUT2D eigenvalue weighted by Gasteiger charge is 2.61. The Hall–Kier alpha value is -2.95. The summed E-state index contributed by atoms with van der Waals surface area (Å²) in [5.74, 6) is 0.0987. The molecule has 0 spiro atoms. The highest BCUT2D eigenvalue weighted by Crippen LogP contribution is 2.44. The average Bonchev–Trinajstić information content (AvgIpc) is 2.88. The molecular weight excluding hydrogens is 382 g/mol. The van der Waals surface area contributed by atoms with Crippen LogP contribution in [0, 0.1) is 0 Å². The highest BCUT2D eigenvalue weighted by molar-refractivity contribution is 5.77. The number of rotatable bonds is 5. The van der Waals surface area contributed by atoms with Crippen molar-refractivity contribution in [2.24, 2.45) is 0 Å². The van der Waals surface area contributed by atoms with Crippen molar-refractivity contribution in [3.63, 3.8) is 0 Å². The summed E-state index contributed by atoms with van der Waals surface area (Å²) in [6.07, 6.45) is -1.41. The highest BCUT2D eigenvalue weighted by atomic mass is 16.7. The first kappa shape index (κ1) is 19.4. The van der Waals surface area contributed by atoms with Gasteiger partial charge in [-0.1, -0.05) is 25.1 Å². The van der Waals surface area contributed by atoms with Crippen LogP contribution in [0.5, 0.6) is 5.75 Å². The lowest BCUT2D eigenvalue weighted by molar-refractivity contribution is -0.256. The fourth-order valence-electron chi connectivity index (χ4n) is 3.63. The monoisotopic (exact) mass is 403 g/mol. The summed E-state index contributed by atoms with van der Waals surface area (Å²) in [4.78, 5) is 44.0. The van der Waals surface area contributed by atoms with Crippen molar-refractivity contribution in [3.8, 4) is 5.75 Å². The van der Waals surface area contributed by atoms with E-state index in [1.54, 1.807) is 24.3 Å². The van der Waals surface area contributed by atoms with Gasteiger partial charge in [-0.25, -0.2) is 9.86 Å². The quantitative estimate of drug-likeness (QED) is 0.708. The Morgan fingerprint density at radius 1 is 1.31 bits per heavy atom. The maximum Gasteiger partial charge on any atom is 0.330 e. The zero-order chi connectivity index (χ0) is 20.6. The van der Waals surface area contributed by atoms with Crippen molar-refractivity contribution in [2.75, 3.05) is 13.2 Å². The number of amides is 1. The van der Waals surface area contributed by atoms with Crippen molar-refractivity contribution in [3.05, 3.63) is 63.4 Å². The molecule has 0 saturated carbocycles. The topological polar surface area (TPSA) is 123 Å². The number of nitrogens with zero attached hydrogens (tertiary/aromatic N) is 2. The van der Waals surface area contributed by atoms with Gasteiger partial charge >= 0.3 is 5.69 Å². The molecule has 2 fully saturated rings. The molecule has 29 heavy (non-hydrogen) atoms. The number of aromatic amines is 1. The standard InChI is InChI=1S/C19H21N3O7/c1-2-19-11-22(14(24)10-27-12-6-4-3-5-7-12)29-15(16(19)25)17(28-19)21-9-8-13(23)20-18(21)26/h3-9,15-17,25H,2,10-11H2,1H3,(H,20,23,26)/t15-,16+,17-,19+/m1/s1. The smallest absolute Gasteiger partial charge is 0.330 e. The van der Waals surface area contributed by atoms with Gasteiger partial charge in [-0.15, -0.1) is 0 Å². The fourth-order valence-corrected chi connectivity index (χ4v) is 3.63. The van der Waals surface area contributed by atoms with E-state index in [0.29, 0.717) is 12.2 Å². The Morgan fingerprint density at radius 2 is 2.07 bits per heavy atom. The number of carbonyl (C=O) groups excluding carboxylic acids is 1. The van der Waals surface area contributed by atoms with Crippen LogP contribution in [0.25, 0.3) is 0 Å². The Labute approximate surface area is 165 Å². The van der Waals surface area contributed by atoms with Gasteiger partial charge in [0.25, 0.3) is 11.5 Å². The number of benzene rings is 1. The lowest BCUT2D eigenvalue weighted by Gasteiger charge is -2.40. The summed E-state index contributed by atoms with van der Waals surface area (Å²) in [7, 11) is 0. The van der Waals surface area contributed by atoms with Gasteiger partial charge in [0.2, 0.25) is 0 Å². The second-order valence-corrected chi connectivity index (χ2v) is 6.99. The number of aliphatic hydroxyl groups excluding tert-OH is 1. The SMILES string of the molecule is CC[C@@]12CN(C(=O)COc3ccccc3)O[C@@H]([C@H](n3ccc(=O)[nH]c3=O)O1)[C@@H]2O. The van der Waals surface area contributed by atoms with E-state index in [2.05, 4.69) is 4.98 Å². The fraction of sp³-hybridized carbons (Fsp3) is 0.421. The first-order valence-electron chi connectivity index (χ1n) is 9.26. The summed E-state index contributed by atoms with van der Waals surface area (Å²) < 4.78 is 12.6. The number of ether oxygens (including phenoxy) is 2. The summed E-state index contributed by atoms with van der Waals surface area (Å²) in [5.41, 5.74) is -2.35. The predicted molar refractivity (Wildman–Crippen MR) is 99.0 cm³/mol. The van der Waals surface area contributed by atoms with E-state index < -0.39 is 41.2 Å². The molecule has 2 bridgehead atoms. The van der Waals surface area contributed by atoms with Crippen LogP contribution in [0.1, 0.15) is 19.6 Å². The molecule has 4 atom stereocenters. The van der Waals surface area contributed by atoms with Crippen molar-refractivity contribution < 1.29 is 24.2 Å². The van der Waals surface area contributed by atoms with Crippen molar-refractivity contribution in [1.82, 2.24) is 14.6 Å². The number of hydrogen-bond acceptors (Lipinski definition) is 7. The van der Waals surface area contributed by atoms with E-state index in [4.69, 9.17) is 14.3 Å². The number of carbonyl (C=O) groups is 1. The van der Waals surface area contributed by atoms with Gasteiger partial charge in [-0.2, -0.15) is 0 Å². The zero-order valence-electron chi connectivity index (χ0n) is 15.7. The van der Waals surface area contributed by atoms with Gasteiger partial charge < -0.3 is 14.6 Å². The third kappa shape index (κ3) is 3.46. The molecule has 1 amide bonds. The maximum atomic E-state index is 12.6. The third-order valence-electron chi connectivity index (χ3n) is 5.25. The molecule has 154 valence electrons. The number of nitrogens with one attached hydrogen (secondary N) is 1. The average molecular weight is 403 g/mol. The third-order valence-corrected chi connectivity index (χ3v) is 5.25. The largest absolute Gasteiger partial charge is 0.484 e. The second-order valence-electron chi connectivity index (χ2n) is 6.99. The van der Waals surface area contributed by atoms with Crippen molar-refractivity contribution in [2.45, 2.75) is 37.4 Å². The Morgan fingerprint density at radius 3 is 2.76 bits per heavy atom. The number of fused-ring (bicyclic) bond motifs is 2. The van der Waals surface area contributed by atoms with E-state index in [-0.39, 0.29) is 13.2 Å². The van der Waals surface area contributed by atoms with E-state index in [0.717, 1.165) is 9.63 Å². The van der Waals surface area contributed by atoms with Gasteiger partial charge in [0.1, 0.15) is 17.5 Å². The van der Waals surface area contributed by atoms with Gasteiger partial charge in [0, 0.05) is 12.3 Å². The molecule has 2 N–H and O–H groups in total. The lowest BCUT2D eigenvalue weighted by Crippen LogP contribution is -2.59. The first-order chi connectivity index (χ1) is 13.9. The van der Waals surface area contributed by atoms with Crippen LogP contribution in [0.15, 0.2) is 52.2 Å². The molecule has 0 radical (unpaired) electrons. The minimum absolute atomic E-state index is 0.0211. The summed E-state index contributed by atoms with van der Waals surface area (Å²) >= 11 is 0. The summed E-state index contributed by atoms with van der Waals surface area (Å²) in [6.45, 7) is 1.54. The van der Waals surface area contributed by atoms with E-state index in [9.17, 15) is 19.5 Å². The number of H-pyrrole nitrogens is 1. The Balaban J connectivity index is 1.55. The van der Waals surface area contributed by atoms with Crippen LogP contribution in [0.3, 0.4) is 0 Å². The normalized spacial score (nSPS) is 28.3. The molecule has 2 aliphatic heterocycles. The minimum atomic E-state index is -1.11. The predicted octanol–water partition coefficient (Wildman–Crippen LogP) is -0.203. The van der Waals surface area contributed by atoms with E-state index in [1.807, 2.05) is 13.0 Å². The molecule has 2 aromatic rings. The lowest BCUT2D eigenvalue weighted by atomic mass is 9.91. The number of para-hydroxylation sites is 1. The molecule has 2 aliphatic rings. The molecule has 3 heterocycles. The molecule has 0 unspecified atom stereocenters. The molecule has 1 aromatic heterocycles.